The lowest BCUT2D eigenvalue weighted by Crippen LogP contribution is -2.27. The summed E-state index contributed by atoms with van der Waals surface area (Å²) in [5.74, 6) is 1.17. The summed E-state index contributed by atoms with van der Waals surface area (Å²) >= 11 is 4.78. The van der Waals surface area contributed by atoms with Crippen LogP contribution in [-0.2, 0) is 17.9 Å². The molecule has 0 bridgehead atoms. The van der Waals surface area contributed by atoms with E-state index in [1.54, 1.807) is 24.5 Å². The number of benzene rings is 1. The molecule has 1 amide bonds. The van der Waals surface area contributed by atoms with Gasteiger partial charge >= 0.3 is 0 Å². The number of amides is 1. The van der Waals surface area contributed by atoms with Gasteiger partial charge in [-0.15, -0.1) is 10.2 Å². The van der Waals surface area contributed by atoms with Gasteiger partial charge in [0.15, 0.2) is 5.16 Å². The molecule has 0 fully saturated rings. The number of aromatic nitrogens is 3. The fraction of sp³-hybridized carbons (Fsp3) is 0.235. The molecule has 0 spiro atoms. The molecule has 1 aromatic carbocycles. The first-order valence-electron chi connectivity index (χ1n) is 7.63. The van der Waals surface area contributed by atoms with Gasteiger partial charge in [-0.1, -0.05) is 39.8 Å². The SMILES string of the molecule is CN(Cc1ccc(Br)cc1)C(=O)CSc1nncn1Cc1ccco1. The third-order valence-corrected chi connectivity index (χ3v) is 5.06. The summed E-state index contributed by atoms with van der Waals surface area (Å²) in [6.45, 7) is 1.12. The van der Waals surface area contributed by atoms with E-state index in [-0.39, 0.29) is 5.91 Å². The minimum atomic E-state index is 0.0421. The molecule has 0 saturated heterocycles. The van der Waals surface area contributed by atoms with Gasteiger partial charge in [-0.25, -0.2) is 0 Å². The Labute approximate surface area is 158 Å². The van der Waals surface area contributed by atoms with Crippen LogP contribution in [0.3, 0.4) is 0 Å². The summed E-state index contributed by atoms with van der Waals surface area (Å²) in [5.41, 5.74) is 1.09. The molecule has 0 atom stereocenters. The van der Waals surface area contributed by atoms with Crippen LogP contribution in [0.2, 0.25) is 0 Å². The standard InChI is InChI=1S/C17H17BrN4O2S/c1-21(9-13-4-6-14(18)7-5-13)16(23)11-25-17-20-19-12-22(17)10-15-3-2-8-24-15/h2-8,12H,9-11H2,1H3. The third kappa shape index (κ3) is 4.96. The number of hydrogen-bond acceptors (Lipinski definition) is 5. The molecular formula is C17H17BrN4O2S. The zero-order chi connectivity index (χ0) is 17.6. The Morgan fingerprint density at radius 1 is 1.32 bits per heavy atom. The lowest BCUT2D eigenvalue weighted by molar-refractivity contribution is -0.127. The van der Waals surface area contributed by atoms with Crippen molar-refractivity contribution < 1.29 is 9.21 Å². The van der Waals surface area contributed by atoms with Crippen LogP contribution >= 0.6 is 27.7 Å². The highest BCUT2D eigenvalue weighted by Crippen LogP contribution is 2.18. The van der Waals surface area contributed by atoms with E-state index in [4.69, 9.17) is 4.42 Å². The first-order chi connectivity index (χ1) is 12.1. The van der Waals surface area contributed by atoms with E-state index in [2.05, 4.69) is 26.1 Å². The summed E-state index contributed by atoms with van der Waals surface area (Å²) in [7, 11) is 1.80. The average Bonchev–Trinajstić information content (AvgIpc) is 3.27. The average molecular weight is 421 g/mol. The summed E-state index contributed by atoms with van der Waals surface area (Å²) in [6.07, 6.45) is 3.27. The minimum absolute atomic E-state index is 0.0421. The first kappa shape index (κ1) is 17.8. The Bertz CT molecular complexity index is 818. The first-order valence-corrected chi connectivity index (χ1v) is 9.41. The summed E-state index contributed by atoms with van der Waals surface area (Å²) < 4.78 is 8.23. The maximum absolute atomic E-state index is 12.4. The lowest BCUT2D eigenvalue weighted by atomic mass is 10.2. The summed E-state index contributed by atoms with van der Waals surface area (Å²) in [6, 6.07) is 11.7. The van der Waals surface area contributed by atoms with E-state index in [0.29, 0.717) is 24.0 Å². The Kier molecular flexibility index (Phi) is 5.93. The number of thioether (sulfide) groups is 1. The molecule has 0 radical (unpaired) electrons. The van der Waals surface area contributed by atoms with Crippen LogP contribution in [0.25, 0.3) is 0 Å². The Morgan fingerprint density at radius 2 is 2.12 bits per heavy atom. The van der Waals surface area contributed by atoms with Crippen molar-refractivity contribution >= 4 is 33.6 Å². The van der Waals surface area contributed by atoms with Crippen LogP contribution < -0.4 is 0 Å². The van der Waals surface area contributed by atoms with Crippen molar-refractivity contribution in [3.05, 3.63) is 64.8 Å². The van der Waals surface area contributed by atoms with Crippen molar-refractivity contribution in [1.29, 1.82) is 0 Å². The number of carbonyl (C=O) groups excluding carboxylic acids is 1. The van der Waals surface area contributed by atoms with E-state index < -0.39 is 0 Å². The maximum Gasteiger partial charge on any atom is 0.233 e. The van der Waals surface area contributed by atoms with Crippen molar-refractivity contribution in [2.75, 3.05) is 12.8 Å². The van der Waals surface area contributed by atoms with Gasteiger partial charge in [0, 0.05) is 18.1 Å². The van der Waals surface area contributed by atoms with E-state index in [1.807, 2.05) is 41.0 Å². The van der Waals surface area contributed by atoms with Gasteiger partial charge in [0.05, 0.1) is 18.6 Å². The van der Waals surface area contributed by atoms with Crippen LogP contribution in [0.4, 0.5) is 0 Å². The zero-order valence-corrected chi connectivity index (χ0v) is 16.0. The van der Waals surface area contributed by atoms with Crippen molar-refractivity contribution in [2.45, 2.75) is 18.2 Å². The summed E-state index contributed by atoms with van der Waals surface area (Å²) in [5, 5.41) is 8.70. The third-order valence-electron chi connectivity index (χ3n) is 3.57. The van der Waals surface area contributed by atoms with Crippen LogP contribution in [0.5, 0.6) is 0 Å². The molecule has 8 heteroatoms. The monoisotopic (exact) mass is 420 g/mol. The highest BCUT2D eigenvalue weighted by molar-refractivity contribution is 9.10. The highest BCUT2D eigenvalue weighted by atomic mass is 79.9. The van der Waals surface area contributed by atoms with Gasteiger partial charge in [-0.3, -0.25) is 4.79 Å². The van der Waals surface area contributed by atoms with Crippen LogP contribution in [0.1, 0.15) is 11.3 Å². The molecule has 2 heterocycles. The second-order valence-corrected chi connectivity index (χ2v) is 7.34. The van der Waals surface area contributed by atoms with Gasteiger partial charge in [0.25, 0.3) is 0 Å². The highest BCUT2D eigenvalue weighted by Gasteiger charge is 2.13. The normalized spacial score (nSPS) is 10.8. The Morgan fingerprint density at radius 3 is 2.84 bits per heavy atom. The van der Waals surface area contributed by atoms with Crippen LogP contribution in [-0.4, -0.2) is 38.4 Å². The van der Waals surface area contributed by atoms with E-state index in [0.717, 1.165) is 15.8 Å². The number of hydrogen-bond donors (Lipinski definition) is 0. The molecule has 6 nitrogen and oxygen atoms in total. The molecule has 130 valence electrons. The van der Waals surface area contributed by atoms with Gasteiger partial charge in [0.1, 0.15) is 12.1 Å². The van der Waals surface area contributed by atoms with Crippen LogP contribution in [0.15, 0.2) is 63.0 Å². The number of furan rings is 1. The predicted octanol–water partition coefficient (Wildman–Crippen LogP) is 3.43. The number of rotatable bonds is 7. The molecule has 0 unspecified atom stereocenters. The maximum atomic E-state index is 12.4. The number of carbonyl (C=O) groups is 1. The lowest BCUT2D eigenvalue weighted by Gasteiger charge is -2.17. The quantitative estimate of drug-likeness (QED) is 0.547. The van der Waals surface area contributed by atoms with E-state index in [1.165, 1.54) is 11.8 Å². The largest absolute Gasteiger partial charge is 0.467 e. The second-order valence-electron chi connectivity index (χ2n) is 5.49. The van der Waals surface area contributed by atoms with Gasteiger partial charge < -0.3 is 13.9 Å². The van der Waals surface area contributed by atoms with E-state index in [9.17, 15) is 4.79 Å². The van der Waals surface area contributed by atoms with Gasteiger partial charge in [-0.2, -0.15) is 0 Å². The molecule has 3 rings (SSSR count). The van der Waals surface area contributed by atoms with Crippen molar-refractivity contribution in [1.82, 2.24) is 19.7 Å². The topological polar surface area (TPSA) is 64.2 Å². The smallest absolute Gasteiger partial charge is 0.233 e. The fourth-order valence-corrected chi connectivity index (χ4v) is 3.34. The van der Waals surface area contributed by atoms with Crippen molar-refractivity contribution in [3.63, 3.8) is 0 Å². The van der Waals surface area contributed by atoms with Crippen molar-refractivity contribution in [3.8, 4) is 0 Å². The molecule has 0 aliphatic heterocycles. The molecule has 0 N–H and O–H groups in total. The fourth-order valence-electron chi connectivity index (χ4n) is 2.22. The molecule has 3 aromatic rings. The van der Waals surface area contributed by atoms with Crippen LogP contribution in [0, 0.1) is 0 Å². The van der Waals surface area contributed by atoms with Gasteiger partial charge in [-0.05, 0) is 29.8 Å². The molecule has 0 saturated carbocycles. The number of halogens is 1. The Hall–Kier alpha value is -2.06. The minimum Gasteiger partial charge on any atom is -0.467 e. The molecule has 0 aliphatic carbocycles. The second kappa shape index (κ2) is 8.35. The summed E-state index contributed by atoms with van der Waals surface area (Å²) in [4.78, 5) is 14.1. The molecule has 0 aliphatic rings. The molecular weight excluding hydrogens is 404 g/mol. The van der Waals surface area contributed by atoms with Crippen molar-refractivity contribution in [2.24, 2.45) is 0 Å². The number of nitrogens with zero attached hydrogens (tertiary/aromatic N) is 4. The molecule has 2 aromatic heterocycles. The van der Waals surface area contributed by atoms with E-state index >= 15 is 0 Å². The molecule has 25 heavy (non-hydrogen) atoms. The Balaban J connectivity index is 1.53. The van der Waals surface area contributed by atoms with Gasteiger partial charge in [0.2, 0.25) is 5.91 Å². The predicted molar refractivity (Wildman–Crippen MR) is 99.2 cm³/mol. The zero-order valence-electron chi connectivity index (χ0n) is 13.6.